The molecule has 128 valence electrons. The molecule has 24 heavy (non-hydrogen) atoms. The molecule has 0 spiro atoms. The van der Waals surface area contributed by atoms with E-state index in [-0.39, 0.29) is 5.41 Å². The monoisotopic (exact) mass is 326 g/mol. The van der Waals surface area contributed by atoms with Gasteiger partial charge in [0, 0.05) is 11.0 Å². The second-order valence-corrected chi connectivity index (χ2v) is 8.10. The van der Waals surface area contributed by atoms with Crippen LogP contribution in [0.2, 0.25) is 0 Å². The van der Waals surface area contributed by atoms with Crippen molar-refractivity contribution in [3.8, 4) is 23.8 Å². The zero-order chi connectivity index (χ0) is 17.1. The molecule has 1 aromatic carbocycles. The molecule has 2 saturated carbocycles. The molecule has 0 aromatic heterocycles. The summed E-state index contributed by atoms with van der Waals surface area (Å²) in [5.74, 6) is 5.07. The summed E-state index contributed by atoms with van der Waals surface area (Å²) in [5.41, 5.74) is 1.21. The van der Waals surface area contributed by atoms with E-state index in [4.69, 9.17) is 11.2 Å². The second-order valence-electron chi connectivity index (χ2n) is 8.10. The average molecular weight is 326 g/mol. The SMILES string of the molecule is C#C[C@@]1(O)CC[C@@H]2[C@@H]3CCc4c(ccc(OC)c4O)[C@@H]3CC[C@@]21C. The molecular formula is C21H26O3. The highest BCUT2D eigenvalue weighted by Gasteiger charge is 2.61. The minimum atomic E-state index is -0.953. The minimum Gasteiger partial charge on any atom is -0.504 e. The molecule has 0 saturated heterocycles. The highest BCUT2D eigenvalue weighted by Crippen LogP contribution is 2.64. The van der Waals surface area contributed by atoms with E-state index >= 15 is 0 Å². The summed E-state index contributed by atoms with van der Waals surface area (Å²) in [6.45, 7) is 2.20. The van der Waals surface area contributed by atoms with Crippen molar-refractivity contribution in [3.63, 3.8) is 0 Å². The molecule has 3 heteroatoms. The fourth-order valence-electron chi connectivity index (χ4n) is 6.05. The Bertz CT molecular complexity index is 719. The van der Waals surface area contributed by atoms with Gasteiger partial charge in [-0.05, 0) is 67.9 Å². The third kappa shape index (κ3) is 1.84. The van der Waals surface area contributed by atoms with Crippen LogP contribution in [0.15, 0.2) is 12.1 Å². The van der Waals surface area contributed by atoms with E-state index in [2.05, 4.69) is 18.9 Å². The van der Waals surface area contributed by atoms with Crippen molar-refractivity contribution in [2.75, 3.05) is 7.11 Å². The van der Waals surface area contributed by atoms with Crippen LogP contribution in [0, 0.1) is 29.6 Å². The van der Waals surface area contributed by atoms with Gasteiger partial charge in [0.1, 0.15) is 5.60 Å². The van der Waals surface area contributed by atoms with Crippen molar-refractivity contribution >= 4 is 0 Å². The highest BCUT2D eigenvalue weighted by atomic mass is 16.5. The number of hydrogen-bond acceptors (Lipinski definition) is 3. The van der Waals surface area contributed by atoms with Crippen LogP contribution >= 0.6 is 0 Å². The molecule has 0 radical (unpaired) electrons. The van der Waals surface area contributed by atoms with Crippen LogP contribution in [0.1, 0.15) is 56.1 Å². The van der Waals surface area contributed by atoms with Gasteiger partial charge in [0.2, 0.25) is 0 Å². The van der Waals surface area contributed by atoms with Crippen LogP contribution in [0.25, 0.3) is 0 Å². The first-order valence-corrected chi connectivity index (χ1v) is 9.04. The summed E-state index contributed by atoms with van der Waals surface area (Å²) in [4.78, 5) is 0. The zero-order valence-electron chi connectivity index (χ0n) is 14.5. The Kier molecular flexibility index (Phi) is 3.41. The molecule has 2 fully saturated rings. The third-order valence-electron chi connectivity index (χ3n) is 7.46. The Hall–Kier alpha value is -1.66. The van der Waals surface area contributed by atoms with Gasteiger partial charge in [-0.2, -0.15) is 0 Å². The van der Waals surface area contributed by atoms with Gasteiger partial charge in [0.15, 0.2) is 11.5 Å². The Morgan fingerprint density at radius 2 is 2.04 bits per heavy atom. The van der Waals surface area contributed by atoms with Crippen molar-refractivity contribution in [1.82, 2.24) is 0 Å². The van der Waals surface area contributed by atoms with Crippen molar-refractivity contribution < 1.29 is 14.9 Å². The molecule has 0 heterocycles. The number of terminal acetylenes is 1. The number of rotatable bonds is 1. The lowest BCUT2D eigenvalue weighted by Gasteiger charge is -2.52. The first-order chi connectivity index (χ1) is 11.4. The van der Waals surface area contributed by atoms with Crippen LogP contribution < -0.4 is 4.74 Å². The molecule has 1 aromatic rings. The van der Waals surface area contributed by atoms with Gasteiger partial charge in [-0.25, -0.2) is 0 Å². The van der Waals surface area contributed by atoms with E-state index in [1.807, 2.05) is 6.07 Å². The smallest absolute Gasteiger partial charge is 0.161 e. The van der Waals surface area contributed by atoms with E-state index < -0.39 is 5.60 Å². The van der Waals surface area contributed by atoms with Crippen LogP contribution in [0.5, 0.6) is 11.5 Å². The first kappa shape index (κ1) is 15.8. The lowest BCUT2D eigenvalue weighted by molar-refractivity contribution is -0.0647. The second kappa shape index (κ2) is 5.17. The van der Waals surface area contributed by atoms with Crippen molar-refractivity contribution in [2.45, 2.75) is 57.0 Å². The molecule has 5 atom stereocenters. The Labute approximate surface area is 144 Å². The average Bonchev–Trinajstić information content (AvgIpc) is 2.87. The van der Waals surface area contributed by atoms with Gasteiger partial charge >= 0.3 is 0 Å². The van der Waals surface area contributed by atoms with Gasteiger partial charge < -0.3 is 14.9 Å². The minimum absolute atomic E-state index is 0.172. The van der Waals surface area contributed by atoms with Crippen molar-refractivity contribution in [2.24, 2.45) is 17.3 Å². The molecule has 3 nitrogen and oxygen atoms in total. The maximum absolute atomic E-state index is 11.0. The molecule has 4 rings (SSSR count). The van der Waals surface area contributed by atoms with Gasteiger partial charge in [-0.3, -0.25) is 0 Å². The molecule has 0 amide bonds. The summed E-state index contributed by atoms with van der Waals surface area (Å²) in [6, 6.07) is 4.02. The number of methoxy groups -OCH3 is 1. The van der Waals surface area contributed by atoms with E-state index in [0.717, 1.165) is 37.7 Å². The number of ether oxygens (including phenoxy) is 1. The molecule has 2 N–H and O–H groups in total. The van der Waals surface area contributed by atoms with Gasteiger partial charge in [0.25, 0.3) is 0 Å². The van der Waals surface area contributed by atoms with Gasteiger partial charge in [0.05, 0.1) is 7.11 Å². The number of hydrogen-bond donors (Lipinski definition) is 2. The fraction of sp³-hybridized carbons (Fsp3) is 0.619. The molecule has 3 aliphatic rings. The maximum Gasteiger partial charge on any atom is 0.161 e. The van der Waals surface area contributed by atoms with Gasteiger partial charge in [-0.1, -0.05) is 18.9 Å². The Balaban J connectivity index is 1.73. The summed E-state index contributed by atoms with van der Waals surface area (Å²) < 4.78 is 5.27. The molecule has 0 aliphatic heterocycles. The Morgan fingerprint density at radius 3 is 2.75 bits per heavy atom. The number of fused-ring (bicyclic) bond motifs is 5. The standard InChI is InChI=1S/C21H26O3/c1-4-21(23)12-10-17-15-5-6-16-13(7-8-18(24-3)19(16)22)14(15)9-11-20(17,21)2/h1,7-8,14-15,17,22-23H,5-6,9-12H2,2-3H3/t14-,15+,17+,20-,21+/m0/s1. The lowest BCUT2D eigenvalue weighted by Crippen LogP contribution is -2.50. The van der Waals surface area contributed by atoms with Crippen LogP contribution in [0.4, 0.5) is 0 Å². The predicted molar refractivity (Wildman–Crippen MR) is 93.1 cm³/mol. The van der Waals surface area contributed by atoms with E-state index in [0.29, 0.717) is 35.7 Å². The van der Waals surface area contributed by atoms with Crippen LogP contribution in [-0.2, 0) is 6.42 Å². The summed E-state index contributed by atoms with van der Waals surface area (Å²) >= 11 is 0. The normalized spacial score (nSPS) is 40.2. The van der Waals surface area contributed by atoms with E-state index in [9.17, 15) is 10.2 Å². The first-order valence-electron chi connectivity index (χ1n) is 9.04. The van der Waals surface area contributed by atoms with Crippen molar-refractivity contribution in [3.05, 3.63) is 23.3 Å². The zero-order valence-corrected chi connectivity index (χ0v) is 14.5. The van der Waals surface area contributed by atoms with Gasteiger partial charge in [-0.15, -0.1) is 6.42 Å². The number of aliphatic hydroxyl groups is 1. The quantitative estimate of drug-likeness (QED) is 0.775. The van der Waals surface area contributed by atoms with Crippen LogP contribution in [-0.4, -0.2) is 22.9 Å². The fourth-order valence-corrected chi connectivity index (χ4v) is 6.05. The summed E-state index contributed by atoms with van der Waals surface area (Å²) in [7, 11) is 1.60. The molecular weight excluding hydrogens is 300 g/mol. The van der Waals surface area contributed by atoms with Crippen LogP contribution in [0.3, 0.4) is 0 Å². The summed E-state index contributed by atoms with van der Waals surface area (Å²) in [5, 5.41) is 21.5. The largest absolute Gasteiger partial charge is 0.504 e. The third-order valence-corrected chi connectivity index (χ3v) is 7.46. The van der Waals surface area contributed by atoms with E-state index in [1.165, 1.54) is 5.56 Å². The van der Waals surface area contributed by atoms with Crippen molar-refractivity contribution in [1.29, 1.82) is 0 Å². The molecule has 0 bridgehead atoms. The molecule has 3 aliphatic carbocycles. The number of aromatic hydroxyl groups is 1. The number of phenols is 1. The molecule has 0 unspecified atom stereocenters. The number of phenolic OH excluding ortho intramolecular Hbond substituents is 1. The lowest BCUT2D eigenvalue weighted by atomic mass is 9.53. The Morgan fingerprint density at radius 1 is 1.25 bits per heavy atom. The number of benzene rings is 1. The summed E-state index contributed by atoms with van der Waals surface area (Å²) in [6.07, 6.45) is 11.3. The van der Waals surface area contributed by atoms with E-state index in [1.54, 1.807) is 7.11 Å². The topological polar surface area (TPSA) is 49.7 Å². The maximum atomic E-state index is 11.0. The predicted octanol–water partition coefficient (Wildman–Crippen LogP) is 3.62. The highest BCUT2D eigenvalue weighted by molar-refractivity contribution is 5.52.